The average molecular weight is 194 g/mol. The van der Waals surface area contributed by atoms with E-state index in [1.807, 2.05) is 0 Å². The van der Waals surface area contributed by atoms with Crippen molar-refractivity contribution in [3.05, 3.63) is 12.7 Å². The van der Waals surface area contributed by atoms with Gasteiger partial charge in [-0.1, -0.05) is 6.08 Å². The zero-order valence-electron chi connectivity index (χ0n) is 4.61. The molecular formula is C3H9Cl2NO2S. The summed E-state index contributed by atoms with van der Waals surface area (Å²) in [7, 11) is -3.29. The molecule has 0 radical (unpaired) electrons. The molecular weight excluding hydrogens is 185 g/mol. The third kappa shape index (κ3) is 17.9. The Labute approximate surface area is 67.2 Å². The van der Waals surface area contributed by atoms with Gasteiger partial charge in [-0.05, 0) is 0 Å². The molecule has 58 valence electrons. The van der Waals surface area contributed by atoms with E-state index < -0.39 is 10.0 Å². The van der Waals surface area contributed by atoms with E-state index in [0.29, 0.717) is 0 Å². The molecule has 0 aliphatic heterocycles. The summed E-state index contributed by atoms with van der Waals surface area (Å²) < 4.78 is 19.9. The summed E-state index contributed by atoms with van der Waals surface area (Å²) in [5.74, 6) is -0.146. The van der Waals surface area contributed by atoms with Crippen molar-refractivity contribution in [3.63, 3.8) is 0 Å². The summed E-state index contributed by atoms with van der Waals surface area (Å²) in [4.78, 5) is 0. The molecule has 0 fully saturated rings. The first-order valence-electron chi connectivity index (χ1n) is 1.67. The molecule has 0 aliphatic carbocycles. The lowest BCUT2D eigenvalue weighted by molar-refractivity contribution is 0.600. The molecule has 0 atom stereocenters. The first-order valence-corrected chi connectivity index (χ1v) is 3.39. The van der Waals surface area contributed by atoms with Crippen LogP contribution >= 0.6 is 24.8 Å². The van der Waals surface area contributed by atoms with Gasteiger partial charge < -0.3 is 0 Å². The summed E-state index contributed by atoms with van der Waals surface area (Å²) >= 11 is 0. The van der Waals surface area contributed by atoms with Crippen molar-refractivity contribution in [1.29, 1.82) is 0 Å². The topological polar surface area (TPSA) is 60.2 Å². The largest absolute Gasteiger partial charge is 0.228 e. The molecule has 0 aliphatic rings. The first kappa shape index (κ1) is 16.1. The van der Waals surface area contributed by atoms with Gasteiger partial charge in [0.15, 0.2) is 0 Å². The molecule has 0 aromatic carbocycles. The van der Waals surface area contributed by atoms with E-state index in [2.05, 4.69) is 11.7 Å². The second-order valence-electron chi connectivity index (χ2n) is 1.12. The lowest BCUT2D eigenvalue weighted by atomic mass is 10.8. The Morgan fingerprint density at radius 2 is 1.78 bits per heavy atom. The summed E-state index contributed by atoms with van der Waals surface area (Å²) in [6.07, 6.45) is 1.25. The van der Waals surface area contributed by atoms with Gasteiger partial charge in [-0.3, -0.25) is 0 Å². The standard InChI is InChI=1S/C3H7NO2S.2ClH/c1-2-3-7(4,5)6;;/h2H,1,3H2,(H2,4,5,6);2*1H. The molecule has 6 heteroatoms. The Balaban J connectivity index is -0.000000180. The van der Waals surface area contributed by atoms with Crippen molar-refractivity contribution in [3.8, 4) is 0 Å². The third-order valence-corrected chi connectivity index (χ3v) is 1.05. The lowest BCUT2D eigenvalue weighted by Gasteiger charge is -1.83. The smallest absolute Gasteiger partial charge is 0.212 e. The first-order chi connectivity index (χ1) is 3.06. The molecule has 2 N–H and O–H groups in total. The van der Waals surface area contributed by atoms with Gasteiger partial charge in [0.05, 0.1) is 5.75 Å². The van der Waals surface area contributed by atoms with Crippen molar-refractivity contribution in [1.82, 2.24) is 0 Å². The predicted molar refractivity (Wildman–Crippen MR) is 42.7 cm³/mol. The molecule has 0 spiro atoms. The maximum absolute atomic E-state index is 9.94. The van der Waals surface area contributed by atoms with Gasteiger partial charge in [-0.25, -0.2) is 13.6 Å². The summed E-state index contributed by atoms with van der Waals surface area (Å²) in [5.41, 5.74) is 0. The second-order valence-corrected chi connectivity index (χ2v) is 2.78. The number of sulfonamides is 1. The molecule has 0 saturated carbocycles. The highest BCUT2D eigenvalue weighted by molar-refractivity contribution is 7.89. The van der Waals surface area contributed by atoms with Crippen molar-refractivity contribution in [2.45, 2.75) is 0 Å². The fourth-order valence-electron chi connectivity index (χ4n) is 0.164. The normalized spacial score (nSPS) is 8.56. The van der Waals surface area contributed by atoms with E-state index >= 15 is 0 Å². The minimum Gasteiger partial charge on any atom is -0.228 e. The zero-order valence-corrected chi connectivity index (χ0v) is 7.06. The zero-order chi connectivity index (χ0) is 5.91. The average Bonchev–Trinajstić information content (AvgIpc) is 1.30. The highest BCUT2D eigenvalue weighted by Gasteiger charge is 1.93. The minimum atomic E-state index is -3.29. The highest BCUT2D eigenvalue weighted by Crippen LogP contribution is 1.73. The molecule has 3 nitrogen and oxygen atoms in total. The van der Waals surface area contributed by atoms with Gasteiger partial charge in [-0.15, -0.1) is 31.4 Å². The fourth-order valence-corrected chi connectivity index (χ4v) is 0.493. The van der Waals surface area contributed by atoms with Gasteiger partial charge >= 0.3 is 0 Å². The van der Waals surface area contributed by atoms with E-state index in [1.54, 1.807) is 0 Å². The molecule has 0 bridgehead atoms. The Hall–Kier alpha value is 0.230. The molecule has 0 aromatic rings. The quantitative estimate of drug-likeness (QED) is 0.643. The van der Waals surface area contributed by atoms with Crippen LogP contribution < -0.4 is 5.14 Å². The van der Waals surface area contributed by atoms with E-state index in [-0.39, 0.29) is 30.6 Å². The second kappa shape index (κ2) is 6.35. The van der Waals surface area contributed by atoms with E-state index in [1.165, 1.54) is 6.08 Å². The Morgan fingerprint density at radius 3 is 1.78 bits per heavy atom. The Kier molecular flexibility index (Phi) is 11.4. The predicted octanol–water partition coefficient (Wildman–Crippen LogP) is 0.304. The van der Waals surface area contributed by atoms with Crippen LogP contribution in [0.1, 0.15) is 0 Å². The molecule has 9 heavy (non-hydrogen) atoms. The summed E-state index contributed by atoms with van der Waals surface area (Å²) in [5, 5.41) is 4.55. The molecule has 0 rings (SSSR count). The van der Waals surface area contributed by atoms with Gasteiger partial charge in [-0.2, -0.15) is 0 Å². The maximum atomic E-state index is 9.94. The molecule has 0 heterocycles. The van der Waals surface area contributed by atoms with Crippen LogP contribution in [0.4, 0.5) is 0 Å². The van der Waals surface area contributed by atoms with E-state index in [9.17, 15) is 8.42 Å². The number of primary sulfonamides is 1. The van der Waals surface area contributed by atoms with Gasteiger partial charge in [0.1, 0.15) is 0 Å². The van der Waals surface area contributed by atoms with Crippen molar-refractivity contribution < 1.29 is 8.42 Å². The van der Waals surface area contributed by atoms with Crippen LogP contribution in [0.3, 0.4) is 0 Å². The number of halogens is 2. The van der Waals surface area contributed by atoms with Gasteiger partial charge in [0, 0.05) is 0 Å². The van der Waals surface area contributed by atoms with Crippen LogP contribution in [0, 0.1) is 0 Å². The monoisotopic (exact) mass is 193 g/mol. The van der Waals surface area contributed by atoms with Gasteiger partial charge in [0.2, 0.25) is 10.0 Å². The summed E-state index contributed by atoms with van der Waals surface area (Å²) in [6.45, 7) is 3.19. The van der Waals surface area contributed by atoms with E-state index in [4.69, 9.17) is 0 Å². The molecule has 0 saturated heterocycles. The van der Waals surface area contributed by atoms with Crippen LogP contribution in [0.2, 0.25) is 0 Å². The van der Waals surface area contributed by atoms with Crippen molar-refractivity contribution >= 4 is 34.8 Å². The third-order valence-electron chi connectivity index (χ3n) is 0.350. The van der Waals surface area contributed by atoms with Crippen molar-refractivity contribution in [2.24, 2.45) is 5.14 Å². The minimum absolute atomic E-state index is 0. The van der Waals surface area contributed by atoms with Crippen LogP contribution in [0.15, 0.2) is 12.7 Å². The van der Waals surface area contributed by atoms with E-state index in [0.717, 1.165) is 0 Å². The highest BCUT2D eigenvalue weighted by atomic mass is 35.5. The van der Waals surface area contributed by atoms with Crippen LogP contribution in [0.5, 0.6) is 0 Å². The molecule has 0 amide bonds. The number of nitrogens with two attached hydrogens (primary N) is 1. The van der Waals surface area contributed by atoms with Crippen LogP contribution in [-0.2, 0) is 10.0 Å². The van der Waals surface area contributed by atoms with Crippen LogP contribution in [0.25, 0.3) is 0 Å². The maximum Gasteiger partial charge on any atom is 0.212 e. The Morgan fingerprint density at radius 1 is 1.44 bits per heavy atom. The van der Waals surface area contributed by atoms with Gasteiger partial charge in [0.25, 0.3) is 0 Å². The SMILES string of the molecule is C=CCS(N)(=O)=O.Cl.Cl. The number of rotatable bonds is 2. The molecule has 0 unspecified atom stereocenters. The number of hydrogen-bond donors (Lipinski definition) is 1. The number of hydrogen-bond acceptors (Lipinski definition) is 2. The van der Waals surface area contributed by atoms with Crippen LogP contribution in [-0.4, -0.2) is 14.2 Å². The fraction of sp³-hybridized carbons (Fsp3) is 0.333. The Bertz CT molecular complexity index is 153. The lowest BCUT2D eigenvalue weighted by Crippen LogP contribution is -2.14. The molecule has 0 aromatic heterocycles. The summed E-state index contributed by atoms with van der Waals surface area (Å²) in [6, 6.07) is 0. The van der Waals surface area contributed by atoms with Crippen molar-refractivity contribution in [2.75, 3.05) is 5.75 Å².